The molecule has 0 saturated carbocycles. The highest BCUT2D eigenvalue weighted by atomic mass is 32.1. The molecule has 96 valence electrons. The summed E-state index contributed by atoms with van der Waals surface area (Å²) >= 11 is 1.50. The van der Waals surface area contributed by atoms with E-state index in [0.29, 0.717) is 13.2 Å². The van der Waals surface area contributed by atoms with Crippen molar-refractivity contribution in [2.45, 2.75) is 20.3 Å². The molecule has 0 saturated heterocycles. The lowest BCUT2D eigenvalue weighted by molar-refractivity contribution is -0.142. The topological polar surface area (TPSA) is 48.4 Å². The molecular weight excluding hydrogens is 250 g/mol. The van der Waals surface area contributed by atoms with E-state index in [9.17, 15) is 4.79 Å². The molecule has 0 radical (unpaired) electrons. The second-order valence-corrected chi connectivity index (χ2v) is 4.77. The van der Waals surface area contributed by atoms with Gasteiger partial charge < -0.3 is 9.47 Å². The van der Waals surface area contributed by atoms with Crippen molar-refractivity contribution in [3.05, 3.63) is 23.2 Å². The van der Waals surface area contributed by atoms with E-state index in [1.54, 1.807) is 6.92 Å². The van der Waals surface area contributed by atoms with Crippen molar-refractivity contribution in [3.63, 3.8) is 0 Å². The van der Waals surface area contributed by atoms with Crippen LogP contribution in [-0.2, 0) is 16.0 Å². The Morgan fingerprint density at radius 3 is 2.89 bits per heavy atom. The predicted molar refractivity (Wildman–Crippen MR) is 71.1 cm³/mol. The lowest BCUT2D eigenvalue weighted by Crippen LogP contribution is -2.06. The molecule has 18 heavy (non-hydrogen) atoms. The van der Waals surface area contributed by atoms with Crippen LogP contribution in [0.25, 0.3) is 10.2 Å². The van der Waals surface area contributed by atoms with Gasteiger partial charge in [0.05, 0.1) is 29.9 Å². The number of nitrogens with zero attached hydrogens (tertiary/aromatic N) is 1. The number of carbonyl (C=O) groups is 1. The molecule has 0 aliphatic rings. The first-order valence-corrected chi connectivity index (χ1v) is 6.72. The number of esters is 1. The standard InChI is InChI=1S/C13H15NO3S/c1-3-16-9-5-6-10-11(7-9)18-12(14-10)8-13(15)17-4-2/h5-7H,3-4,8H2,1-2H3. The molecule has 1 aromatic heterocycles. The first-order valence-electron chi connectivity index (χ1n) is 5.90. The Balaban J connectivity index is 2.19. The molecule has 1 heterocycles. The van der Waals surface area contributed by atoms with Gasteiger partial charge >= 0.3 is 5.97 Å². The highest BCUT2D eigenvalue weighted by Crippen LogP contribution is 2.26. The van der Waals surface area contributed by atoms with E-state index in [0.717, 1.165) is 21.0 Å². The van der Waals surface area contributed by atoms with Gasteiger partial charge in [0.15, 0.2) is 0 Å². The molecule has 0 N–H and O–H groups in total. The minimum atomic E-state index is -0.235. The maximum absolute atomic E-state index is 11.4. The Kier molecular flexibility index (Phi) is 4.15. The summed E-state index contributed by atoms with van der Waals surface area (Å²) in [5.41, 5.74) is 0.891. The summed E-state index contributed by atoms with van der Waals surface area (Å²) in [6, 6.07) is 5.75. The summed E-state index contributed by atoms with van der Waals surface area (Å²) in [6.07, 6.45) is 0.233. The van der Waals surface area contributed by atoms with Gasteiger partial charge in [0.1, 0.15) is 10.8 Å². The Labute approximate surface area is 110 Å². The van der Waals surface area contributed by atoms with Crippen molar-refractivity contribution in [2.75, 3.05) is 13.2 Å². The van der Waals surface area contributed by atoms with Crippen molar-refractivity contribution in [2.24, 2.45) is 0 Å². The molecule has 0 bridgehead atoms. The van der Waals surface area contributed by atoms with Gasteiger partial charge in [0, 0.05) is 0 Å². The van der Waals surface area contributed by atoms with E-state index < -0.39 is 0 Å². The van der Waals surface area contributed by atoms with E-state index in [4.69, 9.17) is 9.47 Å². The Bertz CT molecular complexity index is 550. The third-order valence-electron chi connectivity index (χ3n) is 2.32. The largest absolute Gasteiger partial charge is 0.494 e. The first kappa shape index (κ1) is 12.8. The number of carbonyl (C=O) groups excluding carboxylic acids is 1. The maximum Gasteiger partial charge on any atom is 0.312 e. The summed E-state index contributed by atoms with van der Waals surface area (Å²) in [5, 5.41) is 0.775. The Morgan fingerprint density at radius 1 is 1.33 bits per heavy atom. The smallest absolute Gasteiger partial charge is 0.312 e. The number of aromatic nitrogens is 1. The second kappa shape index (κ2) is 5.82. The van der Waals surface area contributed by atoms with Crippen LogP contribution in [0.3, 0.4) is 0 Å². The molecule has 0 fully saturated rings. The monoisotopic (exact) mass is 265 g/mol. The number of thiazole rings is 1. The number of benzene rings is 1. The van der Waals surface area contributed by atoms with Crippen molar-refractivity contribution in [1.82, 2.24) is 4.98 Å². The van der Waals surface area contributed by atoms with Gasteiger partial charge in [-0.1, -0.05) is 0 Å². The zero-order valence-electron chi connectivity index (χ0n) is 10.4. The average Bonchev–Trinajstić information content (AvgIpc) is 2.71. The predicted octanol–water partition coefficient (Wildman–Crippen LogP) is 2.80. The Hall–Kier alpha value is -1.62. The van der Waals surface area contributed by atoms with E-state index in [1.165, 1.54) is 11.3 Å². The van der Waals surface area contributed by atoms with Gasteiger partial charge in [-0.2, -0.15) is 0 Å². The molecular formula is C13H15NO3S. The van der Waals surface area contributed by atoms with E-state index >= 15 is 0 Å². The third kappa shape index (κ3) is 2.98. The van der Waals surface area contributed by atoms with Gasteiger partial charge in [0.2, 0.25) is 0 Å². The highest BCUT2D eigenvalue weighted by Gasteiger charge is 2.10. The van der Waals surface area contributed by atoms with Gasteiger partial charge in [-0.15, -0.1) is 11.3 Å². The van der Waals surface area contributed by atoms with E-state index in [2.05, 4.69) is 4.98 Å². The van der Waals surface area contributed by atoms with E-state index in [1.807, 2.05) is 25.1 Å². The maximum atomic E-state index is 11.4. The van der Waals surface area contributed by atoms with Crippen LogP contribution < -0.4 is 4.74 Å². The number of rotatable bonds is 5. The molecule has 0 aliphatic carbocycles. The molecule has 0 aliphatic heterocycles. The highest BCUT2D eigenvalue weighted by molar-refractivity contribution is 7.18. The zero-order chi connectivity index (χ0) is 13.0. The zero-order valence-corrected chi connectivity index (χ0v) is 11.3. The molecule has 1 aromatic carbocycles. The minimum absolute atomic E-state index is 0.233. The fraction of sp³-hybridized carbons (Fsp3) is 0.385. The van der Waals surface area contributed by atoms with Crippen LogP contribution in [-0.4, -0.2) is 24.2 Å². The van der Waals surface area contributed by atoms with Gasteiger partial charge in [0.25, 0.3) is 0 Å². The van der Waals surface area contributed by atoms with Crippen molar-refractivity contribution in [3.8, 4) is 5.75 Å². The van der Waals surface area contributed by atoms with Crippen molar-refractivity contribution < 1.29 is 14.3 Å². The fourth-order valence-corrected chi connectivity index (χ4v) is 2.60. The van der Waals surface area contributed by atoms with E-state index in [-0.39, 0.29) is 12.4 Å². The normalized spacial score (nSPS) is 10.6. The summed E-state index contributed by atoms with van der Waals surface area (Å²) < 4.78 is 11.4. The van der Waals surface area contributed by atoms with Crippen LogP contribution in [0.1, 0.15) is 18.9 Å². The average molecular weight is 265 g/mol. The quantitative estimate of drug-likeness (QED) is 0.780. The molecule has 0 atom stereocenters. The molecule has 0 amide bonds. The summed E-state index contributed by atoms with van der Waals surface area (Å²) in [5.74, 6) is 0.595. The number of hydrogen-bond acceptors (Lipinski definition) is 5. The van der Waals surface area contributed by atoms with Gasteiger partial charge in [-0.25, -0.2) is 4.98 Å². The third-order valence-corrected chi connectivity index (χ3v) is 3.33. The second-order valence-electron chi connectivity index (χ2n) is 3.65. The number of hydrogen-bond donors (Lipinski definition) is 0. The molecule has 5 heteroatoms. The van der Waals surface area contributed by atoms with Crippen LogP contribution in [0.5, 0.6) is 5.75 Å². The lowest BCUT2D eigenvalue weighted by atomic mass is 10.3. The summed E-state index contributed by atoms with van der Waals surface area (Å²) in [7, 11) is 0. The summed E-state index contributed by atoms with van der Waals surface area (Å²) in [6.45, 7) is 4.78. The van der Waals surface area contributed by atoms with Crippen molar-refractivity contribution >= 4 is 27.5 Å². The van der Waals surface area contributed by atoms with Crippen LogP contribution in [0, 0.1) is 0 Å². The Morgan fingerprint density at radius 2 is 2.17 bits per heavy atom. The van der Waals surface area contributed by atoms with Crippen LogP contribution in [0.4, 0.5) is 0 Å². The van der Waals surface area contributed by atoms with Gasteiger partial charge in [-0.05, 0) is 32.0 Å². The van der Waals surface area contributed by atoms with Crippen molar-refractivity contribution in [1.29, 1.82) is 0 Å². The molecule has 4 nitrogen and oxygen atoms in total. The first-order chi connectivity index (χ1) is 8.72. The number of fused-ring (bicyclic) bond motifs is 1. The molecule has 0 unspecified atom stereocenters. The SMILES string of the molecule is CCOC(=O)Cc1nc2ccc(OCC)cc2s1. The molecule has 2 aromatic rings. The summed E-state index contributed by atoms with van der Waals surface area (Å²) in [4.78, 5) is 15.8. The van der Waals surface area contributed by atoms with Crippen LogP contribution >= 0.6 is 11.3 Å². The molecule has 0 spiro atoms. The minimum Gasteiger partial charge on any atom is -0.494 e. The molecule has 2 rings (SSSR count). The van der Waals surface area contributed by atoms with Crippen LogP contribution in [0.15, 0.2) is 18.2 Å². The number of ether oxygens (including phenoxy) is 2. The fourth-order valence-electron chi connectivity index (χ4n) is 1.62. The van der Waals surface area contributed by atoms with Gasteiger partial charge in [-0.3, -0.25) is 4.79 Å². The van der Waals surface area contributed by atoms with Crippen LogP contribution in [0.2, 0.25) is 0 Å². The lowest BCUT2D eigenvalue weighted by Gasteiger charge is -2.00.